The molecule has 0 spiro atoms. The van der Waals surface area contributed by atoms with Crippen LogP contribution in [0.5, 0.6) is 11.5 Å². The Hall–Kier alpha value is -0.810. The van der Waals surface area contributed by atoms with Crippen LogP contribution in [0.2, 0.25) is 0 Å². The average Bonchev–Trinajstić information content (AvgIpc) is 3.00. The summed E-state index contributed by atoms with van der Waals surface area (Å²) in [5, 5.41) is 10.1. The highest BCUT2D eigenvalue weighted by molar-refractivity contribution is 9.10. The van der Waals surface area contributed by atoms with Crippen molar-refractivity contribution in [2.45, 2.75) is 18.4 Å². The summed E-state index contributed by atoms with van der Waals surface area (Å²) >= 11 is 3.14. The van der Waals surface area contributed by atoms with Crippen LogP contribution in [0.25, 0.3) is 0 Å². The van der Waals surface area contributed by atoms with Gasteiger partial charge >= 0.3 is 0 Å². The summed E-state index contributed by atoms with van der Waals surface area (Å²) in [6, 6.07) is 1.23. The number of rotatable bonds is 3. The van der Waals surface area contributed by atoms with E-state index in [2.05, 4.69) is 15.9 Å². The molecule has 2 rings (SSSR count). The van der Waals surface area contributed by atoms with Gasteiger partial charge in [0.1, 0.15) is 5.82 Å². The summed E-state index contributed by atoms with van der Waals surface area (Å²) < 4.78 is 24.1. The minimum atomic E-state index is -0.987. The summed E-state index contributed by atoms with van der Waals surface area (Å²) in [5.74, 6) is 0.210. The van der Waals surface area contributed by atoms with Crippen LogP contribution >= 0.6 is 15.9 Å². The highest BCUT2D eigenvalue weighted by Crippen LogP contribution is 2.54. The van der Waals surface area contributed by atoms with Crippen LogP contribution in [0.4, 0.5) is 4.39 Å². The number of aliphatic hydroxyl groups is 1. The molecule has 1 saturated carbocycles. The predicted molar refractivity (Wildman–Crippen MR) is 60.3 cm³/mol. The van der Waals surface area contributed by atoms with E-state index in [-0.39, 0.29) is 4.47 Å². The maximum atomic E-state index is 13.6. The van der Waals surface area contributed by atoms with E-state index >= 15 is 0 Å². The van der Waals surface area contributed by atoms with Crippen molar-refractivity contribution in [2.24, 2.45) is 0 Å². The summed E-state index contributed by atoms with van der Waals surface area (Å²) in [6.45, 7) is 0. The van der Waals surface area contributed by atoms with Crippen molar-refractivity contribution in [1.29, 1.82) is 0 Å². The van der Waals surface area contributed by atoms with Crippen LogP contribution in [0, 0.1) is 5.82 Å². The molecule has 0 atom stereocenters. The van der Waals surface area contributed by atoms with Crippen molar-refractivity contribution in [3.05, 3.63) is 21.9 Å². The molecule has 0 amide bonds. The van der Waals surface area contributed by atoms with Crippen LogP contribution in [0.3, 0.4) is 0 Å². The molecule has 1 N–H and O–H groups in total. The standard InChI is InChI=1S/C11H12BrFO3/c1-15-7-5-6(13)9(12)8(10(7)16-2)11(14)3-4-11/h5,14H,3-4H2,1-2H3. The summed E-state index contributed by atoms with van der Waals surface area (Å²) in [7, 11) is 2.91. The van der Waals surface area contributed by atoms with Gasteiger partial charge in [-0.3, -0.25) is 0 Å². The van der Waals surface area contributed by atoms with Crippen molar-refractivity contribution in [3.63, 3.8) is 0 Å². The number of hydrogen-bond acceptors (Lipinski definition) is 3. The fraction of sp³-hybridized carbons (Fsp3) is 0.455. The third-order valence-corrected chi connectivity index (χ3v) is 3.53. The molecule has 3 nitrogen and oxygen atoms in total. The topological polar surface area (TPSA) is 38.7 Å². The van der Waals surface area contributed by atoms with Crippen LogP contribution in [0.15, 0.2) is 10.5 Å². The van der Waals surface area contributed by atoms with Crippen LogP contribution < -0.4 is 9.47 Å². The van der Waals surface area contributed by atoms with E-state index in [9.17, 15) is 9.50 Å². The third-order valence-electron chi connectivity index (χ3n) is 2.75. The molecule has 0 radical (unpaired) electrons. The molecule has 88 valence electrons. The molecule has 0 aromatic heterocycles. The van der Waals surface area contributed by atoms with Gasteiger partial charge in [-0.2, -0.15) is 0 Å². The van der Waals surface area contributed by atoms with Crippen molar-refractivity contribution >= 4 is 15.9 Å². The maximum Gasteiger partial charge on any atom is 0.168 e. The zero-order valence-electron chi connectivity index (χ0n) is 9.01. The minimum Gasteiger partial charge on any atom is -0.493 e. The molecule has 0 heterocycles. The maximum absolute atomic E-state index is 13.6. The Bertz CT molecular complexity index is 430. The van der Waals surface area contributed by atoms with E-state index in [1.165, 1.54) is 20.3 Å². The summed E-state index contributed by atoms with van der Waals surface area (Å²) in [5.41, 5.74) is -0.550. The van der Waals surface area contributed by atoms with E-state index in [4.69, 9.17) is 9.47 Å². The molecule has 1 aliphatic rings. The molecule has 0 saturated heterocycles. The molecular weight excluding hydrogens is 279 g/mol. The van der Waals surface area contributed by atoms with Gasteiger partial charge in [0.25, 0.3) is 0 Å². The first kappa shape index (κ1) is 11.7. The normalized spacial score (nSPS) is 17.1. The van der Waals surface area contributed by atoms with Gasteiger partial charge in [0.2, 0.25) is 0 Å². The average molecular weight is 291 g/mol. The van der Waals surface area contributed by atoms with Gasteiger partial charge in [-0.15, -0.1) is 0 Å². The van der Waals surface area contributed by atoms with E-state index in [1.54, 1.807) is 0 Å². The second-order valence-corrected chi connectivity index (χ2v) is 4.61. The first-order valence-electron chi connectivity index (χ1n) is 4.86. The van der Waals surface area contributed by atoms with Crippen LogP contribution in [0.1, 0.15) is 18.4 Å². The minimum absolute atomic E-state index is 0.241. The Morgan fingerprint density at radius 2 is 2.00 bits per heavy atom. The Morgan fingerprint density at radius 1 is 1.38 bits per heavy atom. The molecule has 0 aliphatic heterocycles. The van der Waals surface area contributed by atoms with E-state index in [1.807, 2.05) is 0 Å². The van der Waals surface area contributed by atoms with Gasteiger partial charge in [-0.05, 0) is 28.8 Å². The van der Waals surface area contributed by atoms with Crippen LogP contribution in [-0.4, -0.2) is 19.3 Å². The van der Waals surface area contributed by atoms with Crippen molar-refractivity contribution in [2.75, 3.05) is 14.2 Å². The molecule has 0 unspecified atom stereocenters. The Kier molecular flexibility index (Phi) is 2.84. The van der Waals surface area contributed by atoms with Crippen molar-refractivity contribution in [1.82, 2.24) is 0 Å². The van der Waals surface area contributed by atoms with Gasteiger partial charge in [-0.1, -0.05) is 0 Å². The van der Waals surface area contributed by atoms with Gasteiger partial charge < -0.3 is 14.6 Å². The van der Waals surface area contributed by atoms with Gasteiger partial charge in [0.05, 0.1) is 24.3 Å². The quantitative estimate of drug-likeness (QED) is 0.930. The van der Waals surface area contributed by atoms with Gasteiger partial charge in [-0.25, -0.2) is 4.39 Å². The number of hydrogen-bond donors (Lipinski definition) is 1. The van der Waals surface area contributed by atoms with Crippen LogP contribution in [-0.2, 0) is 5.60 Å². The lowest BCUT2D eigenvalue weighted by molar-refractivity contribution is 0.145. The smallest absolute Gasteiger partial charge is 0.168 e. The second kappa shape index (κ2) is 3.89. The molecule has 1 fully saturated rings. The predicted octanol–water partition coefficient (Wildman–Crippen LogP) is 2.59. The van der Waals surface area contributed by atoms with Gasteiger partial charge in [0.15, 0.2) is 11.5 Å². The monoisotopic (exact) mass is 290 g/mol. The van der Waals surface area contributed by atoms with E-state index in [0.29, 0.717) is 29.9 Å². The number of benzene rings is 1. The molecule has 16 heavy (non-hydrogen) atoms. The molecular formula is C11H12BrFO3. The Morgan fingerprint density at radius 3 is 2.44 bits per heavy atom. The summed E-state index contributed by atoms with van der Waals surface area (Å²) in [6.07, 6.45) is 1.21. The highest BCUT2D eigenvalue weighted by atomic mass is 79.9. The molecule has 1 aromatic carbocycles. The lowest BCUT2D eigenvalue weighted by atomic mass is 10.1. The first-order chi connectivity index (χ1) is 7.53. The SMILES string of the molecule is COc1cc(F)c(Br)c(C2(O)CC2)c1OC. The molecule has 0 bridgehead atoms. The molecule has 1 aromatic rings. The fourth-order valence-corrected chi connectivity index (χ4v) is 2.39. The van der Waals surface area contributed by atoms with E-state index in [0.717, 1.165) is 0 Å². The van der Waals surface area contributed by atoms with Crippen molar-refractivity contribution in [3.8, 4) is 11.5 Å². The highest BCUT2D eigenvalue weighted by Gasteiger charge is 2.47. The van der Waals surface area contributed by atoms with Crippen molar-refractivity contribution < 1.29 is 19.0 Å². The lowest BCUT2D eigenvalue weighted by Crippen LogP contribution is -2.10. The zero-order chi connectivity index (χ0) is 11.9. The Labute approximate surface area is 101 Å². The fourth-order valence-electron chi connectivity index (χ4n) is 1.72. The zero-order valence-corrected chi connectivity index (χ0v) is 10.6. The number of methoxy groups -OCH3 is 2. The first-order valence-corrected chi connectivity index (χ1v) is 5.65. The number of halogens is 2. The summed E-state index contributed by atoms with van der Waals surface area (Å²) in [4.78, 5) is 0. The second-order valence-electron chi connectivity index (χ2n) is 3.81. The molecule has 5 heteroatoms. The lowest BCUT2D eigenvalue weighted by Gasteiger charge is -2.18. The third kappa shape index (κ3) is 1.68. The van der Waals surface area contributed by atoms with E-state index < -0.39 is 11.4 Å². The van der Waals surface area contributed by atoms with Gasteiger partial charge in [0, 0.05) is 11.6 Å². The number of ether oxygens (including phenoxy) is 2. The Balaban J connectivity index is 2.67. The molecule has 1 aliphatic carbocycles. The largest absolute Gasteiger partial charge is 0.493 e.